The number of hydrogen-bond acceptors (Lipinski definition) is 11. The van der Waals surface area contributed by atoms with Crippen molar-refractivity contribution in [3.63, 3.8) is 0 Å². The molecule has 0 saturated carbocycles. The van der Waals surface area contributed by atoms with Gasteiger partial charge < -0.3 is 25.0 Å². The van der Waals surface area contributed by atoms with Crippen molar-refractivity contribution in [2.75, 3.05) is 55.8 Å². The zero-order valence-electron chi connectivity index (χ0n) is 36.7. The van der Waals surface area contributed by atoms with Crippen LogP contribution in [0.2, 0.25) is 5.02 Å². The molecule has 0 aliphatic carbocycles. The highest BCUT2D eigenvalue weighted by Gasteiger charge is 2.48. The highest BCUT2D eigenvalue weighted by atomic mass is 35.5. The summed E-state index contributed by atoms with van der Waals surface area (Å²) in [6, 6.07) is 32.5. The average molecular weight is 988 g/mol. The molecular weight excluding hydrogens is 933 g/mol. The number of sulfonamides is 1. The molecule has 354 valence electrons. The van der Waals surface area contributed by atoms with Crippen molar-refractivity contribution in [3.05, 3.63) is 137 Å². The summed E-state index contributed by atoms with van der Waals surface area (Å²) in [6.45, 7) is 6.59. The van der Waals surface area contributed by atoms with Gasteiger partial charge in [-0.15, -0.1) is 11.8 Å². The normalized spacial score (nSPS) is 14.9. The van der Waals surface area contributed by atoms with E-state index in [2.05, 4.69) is 10.2 Å². The highest BCUT2D eigenvalue weighted by molar-refractivity contribution is 7.99. The monoisotopic (exact) mass is 986 g/mol. The van der Waals surface area contributed by atoms with E-state index >= 15 is 0 Å². The van der Waals surface area contributed by atoms with Crippen LogP contribution in [0, 0.1) is 5.92 Å². The van der Waals surface area contributed by atoms with Gasteiger partial charge in [0.25, 0.3) is 25.8 Å². The van der Waals surface area contributed by atoms with Crippen LogP contribution in [0.1, 0.15) is 55.1 Å². The summed E-state index contributed by atoms with van der Waals surface area (Å²) in [4.78, 5) is 16.2. The number of aliphatic hydroxyl groups excluding tert-OH is 1. The third-order valence-corrected chi connectivity index (χ3v) is 15.6. The van der Waals surface area contributed by atoms with E-state index in [1.165, 1.54) is 23.9 Å². The Kier molecular flexibility index (Phi) is 17.3. The van der Waals surface area contributed by atoms with Gasteiger partial charge >= 0.3 is 5.51 Å². The van der Waals surface area contributed by atoms with Crippen LogP contribution in [0.4, 0.5) is 24.5 Å². The number of piperidine rings is 1. The minimum absolute atomic E-state index is 0.0197. The number of ether oxygens (including phenoxy) is 1. The molecule has 18 heteroatoms. The van der Waals surface area contributed by atoms with Crippen molar-refractivity contribution >= 4 is 60.5 Å². The molecule has 0 aromatic heterocycles. The summed E-state index contributed by atoms with van der Waals surface area (Å²) in [7, 11) is -9.09. The number of anilines is 2. The van der Waals surface area contributed by atoms with Crippen molar-refractivity contribution in [1.82, 2.24) is 9.62 Å². The van der Waals surface area contributed by atoms with Gasteiger partial charge in [-0.25, -0.2) is 21.6 Å². The Labute approximate surface area is 394 Å². The standard InChI is InChI=1S/C48H54ClF3N4O7S3/c1-33(2)63-30-29-55(3)26-25-38(32-64-40-9-5-4-6-10-40)53-44-22-21-41(31-45(44)65(59,60)48(50,51)52)66(61,62)54-47(58)36-15-19-39(20-16-36)56-27-23-35(24-28-56)46(57)43-12-8-7-11-42(43)34-13-17-37(49)18-14-34/h4-22,31,33,35,38,46,53,57H,23-30,32H2,1-3H3,(H,54,58). The van der Waals surface area contributed by atoms with Crippen molar-refractivity contribution in [3.8, 4) is 11.1 Å². The van der Waals surface area contributed by atoms with E-state index in [-0.39, 0.29) is 17.6 Å². The number of carbonyl (C=O) groups is 1. The third kappa shape index (κ3) is 13.3. The molecule has 6 rings (SSSR count). The van der Waals surface area contributed by atoms with E-state index in [1.54, 1.807) is 12.1 Å². The van der Waals surface area contributed by atoms with Crippen LogP contribution >= 0.6 is 23.4 Å². The van der Waals surface area contributed by atoms with Gasteiger partial charge in [-0.05, 0) is 136 Å². The molecule has 5 aromatic rings. The van der Waals surface area contributed by atoms with Crippen molar-refractivity contribution in [1.29, 1.82) is 0 Å². The van der Waals surface area contributed by atoms with Crippen LogP contribution in [0.3, 0.4) is 0 Å². The second-order valence-electron chi connectivity index (χ2n) is 16.4. The largest absolute Gasteiger partial charge is 0.501 e. The summed E-state index contributed by atoms with van der Waals surface area (Å²) < 4.78 is 103. The second kappa shape index (κ2) is 22.5. The maximum atomic E-state index is 14.2. The number of thioether (sulfide) groups is 1. The molecule has 0 radical (unpaired) electrons. The number of benzene rings is 5. The Morgan fingerprint density at radius 3 is 2.20 bits per heavy atom. The van der Waals surface area contributed by atoms with E-state index in [0.29, 0.717) is 68.9 Å². The van der Waals surface area contributed by atoms with Crippen LogP contribution in [0.15, 0.2) is 136 Å². The lowest BCUT2D eigenvalue weighted by molar-refractivity contribution is -0.0435. The first-order chi connectivity index (χ1) is 31.3. The molecule has 0 spiro atoms. The van der Waals surface area contributed by atoms with Gasteiger partial charge in [0.15, 0.2) is 0 Å². The van der Waals surface area contributed by atoms with Crippen LogP contribution in [-0.2, 0) is 24.6 Å². The number of sulfone groups is 1. The first-order valence-electron chi connectivity index (χ1n) is 21.5. The van der Waals surface area contributed by atoms with Gasteiger partial charge in [0.2, 0.25) is 0 Å². The van der Waals surface area contributed by atoms with E-state index in [1.807, 2.05) is 109 Å². The number of nitrogens with one attached hydrogen (secondary N) is 2. The molecule has 1 saturated heterocycles. The van der Waals surface area contributed by atoms with Gasteiger partial charge in [0, 0.05) is 52.6 Å². The van der Waals surface area contributed by atoms with Gasteiger partial charge in [-0.2, -0.15) is 13.2 Å². The van der Waals surface area contributed by atoms with Crippen molar-refractivity contribution in [2.24, 2.45) is 5.92 Å². The molecule has 0 bridgehead atoms. The fourth-order valence-electron chi connectivity index (χ4n) is 7.64. The second-order valence-corrected chi connectivity index (χ2v) is 21.6. The fourth-order valence-corrected chi connectivity index (χ4v) is 10.8. The predicted octanol–water partition coefficient (Wildman–Crippen LogP) is 9.69. The lowest BCUT2D eigenvalue weighted by Gasteiger charge is -2.36. The summed E-state index contributed by atoms with van der Waals surface area (Å²) in [5, 5.41) is 15.1. The predicted molar refractivity (Wildman–Crippen MR) is 255 cm³/mol. The SMILES string of the molecule is CC(C)OCCN(C)CCC(CSc1ccccc1)Nc1ccc(S(=O)(=O)NC(=O)c2ccc(N3CCC(C(O)c4ccccc4-c4ccc(Cl)cc4)CC3)cc2)cc1S(=O)(=O)C(F)(F)F. The molecule has 2 unspecified atom stereocenters. The van der Waals surface area contributed by atoms with Gasteiger partial charge in [-0.1, -0.05) is 66.2 Å². The molecule has 1 fully saturated rings. The topological polar surface area (TPSA) is 145 Å². The van der Waals surface area contributed by atoms with Crippen molar-refractivity contribution < 1.29 is 44.6 Å². The minimum Gasteiger partial charge on any atom is -0.388 e. The molecule has 5 aromatic carbocycles. The first-order valence-corrected chi connectivity index (χ1v) is 25.8. The molecule has 3 N–H and O–H groups in total. The summed E-state index contributed by atoms with van der Waals surface area (Å²) in [6.07, 6.45) is 1.08. The Bertz CT molecular complexity index is 2620. The first kappa shape index (κ1) is 50.8. The molecule has 11 nitrogen and oxygen atoms in total. The Hall–Kier alpha value is -4.62. The molecule has 1 aliphatic heterocycles. The quantitative estimate of drug-likeness (QED) is 0.0641. The number of halogens is 4. The number of aliphatic hydroxyl groups is 1. The Morgan fingerprint density at radius 2 is 1.55 bits per heavy atom. The van der Waals surface area contributed by atoms with Crippen LogP contribution in [0.5, 0.6) is 0 Å². The maximum Gasteiger partial charge on any atom is 0.501 e. The summed E-state index contributed by atoms with van der Waals surface area (Å²) in [5.74, 6) is -0.747. The maximum absolute atomic E-state index is 14.2. The smallest absolute Gasteiger partial charge is 0.388 e. The number of alkyl halides is 3. The van der Waals surface area contributed by atoms with Crippen molar-refractivity contribution in [2.45, 2.75) is 71.6 Å². The Morgan fingerprint density at radius 1 is 0.894 bits per heavy atom. The number of amides is 1. The van der Waals surface area contributed by atoms with E-state index in [0.717, 1.165) is 39.4 Å². The minimum atomic E-state index is -6.08. The number of likely N-dealkylation sites (N-methyl/N-ethyl adjacent to an activating group) is 1. The highest BCUT2D eigenvalue weighted by Crippen LogP contribution is 2.39. The molecule has 1 amide bonds. The van der Waals surface area contributed by atoms with E-state index in [4.69, 9.17) is 16.3 Å². The molecule has 1 heterocycles. The molecule has 2 atom stereocenters. The van der Waals surface area contributed by atoms with Gasteiger partial charge in [0.05, 0.1) is 29.4 Å². The van der Waals surface area contributed by atoms with Crippen LogP contribution in [-0.4, -0.2) is 96.0 Å². The molecule has 1 aliphatic rings. The van der Waals surface area contributed by atoms with Gasteiger partial charge in [0.1, 0.15) is 4.90 Å². The molecular formula is C48H54ClF3N4O7S3. The van der Waals surface area contributed by atoms with E-state index < -0.39 is 58.9 Å². The summed E-state index contributed by atoms with van der Waals surface area (Å²) >= 11 is 7.53. The number of nitrogens with zero attached hydrogens (tertiary/aromatic N) is 2. The van der Waals surface area contributed by atoms with E-state index in [9.17, 15) is 39.9 Å². The lowest BCUT2D eigenvalue weighted by Crippen LogP contribution is -2.36. The number of hydrogen-bond donors (Lipinski definition) is 3. The summed E-state index contributed by atoms with van der Waals surface area (Å²) in [5.41, 5.74) is -2.77. The number of carbonyl (C=O) groups excluding carboxylic acids is 1. The van der Waals surface area contributed by atoms with Crippen LogP contribution in [0.25, 0.3) is 11.1 Å². The number of rotatable bonds is 20. The van der Waals surface area contributed by atoms with Gasteiger partial charge in [-0.3, -0.25) is 4.79 Å². The third-order valence-electron chi connectivity index (χ3n) is 11.3. The lowest BCUT2D eigenvalue weighted by atomic mass is 9.84. The van der Waals surface area contributed by atoms with Crippen LogP contribution < -0.4 is 14.9 Å². The zero-order valence-corrected chi connectivity index (χ0v) is 40.0. The zero-order chi connectivity index (χ0) is 47.6. The fraction of sp³-hybridized carbons (Fsp3) is 0.354. The Balaban J connectivity index is 1.13. The average Bonchev–Trinajstić information content (AvgIpc) is 3.29. The molecule has 66 heavy (non-hydrogen) atoms.